The minimum Gasteiger partial charge on any atom is -0.342 e. The largest absolute Gasteiger partial charge is 0.342 e. The van der Waals surface area contributed by atoms with Crippen LogP contribution in [0.3, 0.4) is 0 Å². The first kappa shape index (κ1) is 28.9. The topological polar surface area (TPSA) is 55.2 Å². The van der Waals surface area contributed by atoms with Gasteiger partial charge in [-0.1, -0.05) is 123 Å². The minimum absolute atomic E-state index is 0.116. The number of rotatable bonds is 9. The van der Waals surface area contributed by atoms with E-state index in [-0.39, 0.29) is 22.1 Å². The lowest BCUT2D eigenvalue weighted by molar-refractivity contribution is -0.132. The van der Waals surface area contributed by atoms with E-state index < -0.39 is 0 Å². The predicted molar refractivity (Wildman–Crippen MR) is 176 cm³/mol. The van der Waals surface area contributed by atoms with Gasteiger partial charge in [0, 0.05) is 18.5 Å². The van der Waals surface area contributed by atoms with Gasteiger partial charge in [-0.2, -0.15) is 0 Å². The fraction of sp³-hybridized carbons (Fsp3) is 0.270. The van der Waals surface area contributed by atoms with E-state index in [0.29, 0.717) is 29.1 Å². The number of carbonyl (C=O) groups is 1. The first-order chi connectivity index (χ1) is 21.1. The molecule has 1 fully saturated rings. The zero-order valence-corrected chi connectivity index (χ0v) is 25.4. The van der Waals surface area contributed by atoms with Crippen LogP contribution in [-0.2, 0) is 10.2 Å². The molecule has 1 aliphatic heterocycles. The molecule has 6 heteroatoms. The standard InChI is InChI=1S/C37H37N3O2S/c1-2-3-23-33(43-36-38-32-22-14-13-21-31(32)34(41)40(36)30-19-11-6-12-20-30)35(42)39-26-24-37(25-27-39,28-15-7-4-8-16-28)29-17-9-5-10-18-29/h4-22,33H,2-3,23-27H2,1H3. The Morgan fingerprint density at radius 3 is 1.98 bits per heavy atom. The number of piperidine rings is 1. The van der Waals surface area contributed by atoms with Gasteiger partial charge in [-0.15, -0.1) is 0 Å². The van der Waals surface area contributed by atoms with E-state index in [1.807, 2.05) is 59.5 Å². The fourth-order valence-corrected chi connectivity index (χ4v) is 7.55. The lowest BCUT2D eigenvalue weighted by Gasteiger charge is -2.43. The van der Waals surface area contributed by atoms with Crippen molar-refractivity contribution in [2.75, 3.05) is 13.1 Å². The number of amides is 1. The average Bonchev–Trinajstić information content (AvgIpc) is 3.07. The number of thioether (sulfide) groups is 1. The summed E-state index contributed by atoms with van der Waals surface area (Å²) in [6.45, 7) is 3.51. The minimum atomic E-state index is -0.330. The lowest BCUT2D eigenvalue weighted by atomic mass is 9.68. The number of hydrogen-bond donors (Lipinski definition) is 0. The average molecular weight is 588 g/mol. The first-order valence-corrected chi connectivity index (χ1v) is 16.1. The second-order valence-electron chi connectivity index (χ2n) is 11.3. The molecule has 2 heterocycles. The number of carbonyl (C=O) groups excluding carboxylic acids is 1. The molecule has 5 aromatic rings. The molecule has 1 aliphatic rings. The van der Waals surface area contributed by atoms with E-state index in [1.165, 1.54) is 22.9 Å². The monoisotopic (exact) mass is 587 g/mol. The van der Waals surface area contributed by atoms with Gasteiger partial charge in [0.25, 0.3) is 5.56 Å². The molecule has 0 aliphatic carbocycles. The second-order valence-corrected chi connectivity index (χ2v) is 12.4. The van der Waals surface area contributed by atoms with Crippen LogP contribution in [0.1, 0.15) is 50.2 Å². The maximum absolute atomic E-state index is 14.3. The molecule has 0 spiro atoms. The Bertz CT molecular complexity index is 1690. The molecule has 6 rings (SSSR count). The van der Waals surface area contributed by atoms with Crippen LogP contribution in [0.4, 0.5) is 0 Å². The zero-order valence-electron chi connectivity index (χ0n) is 24.6. The molecule has 0 radical (unpaired) electrons. The smallest absolute Gasteiger partial charge is 0.266 e. The summed E-state index contributed by atoms with van der Waals surface area (Å²) in [4.78, 5) is 35.0. The van der Waals surface area contributed by atoms with Crippen LogP contribution in [0.15, 0.2) is 125 Å². The molecule has 218 valence electrons. The third-order valence-corrected chi connectivity index (χ3v) is 9.89. The maximum atomic E-state index is 14.3. The molecule has 0 bridgehead atoms. The number of unbranched alkanes of at least 4 members (excludes halogenated alkanes) is 1. The van der Waals surface area contributed by atoms with Gasteiger partial charge in [-0.05, 0) is 54.7 Å². The number of para-hydroxylation sites is 2. The number of aromatic nitrogens is 2. The fourth-order valence-electron chi connectivity index (χ4n) is 6.32. The van der Waals surface area contributed by atoms with Crippen LogP contribution >= 0.6 is 11.8 Å². The Morgan fingerprint density at radius 2 is 1.37 bits per heavy atom. The highest BCUT2D eigenvalue weighted by atomic mass is 32.2. The Labute approximate surface area is 257 Å². The molecule has 1 saturated heterocycles. The molecular weight excluding hydrogens is 550 g/mol. The number of fused-ring (bicyclic) bond motifs is 1. The van der Waals surface area contributed by atoms with E-state index in [2.05, 4.69) is 67.6 Å². The first-order valence-electron chi connectivity index (χ1n) is 15.2. The summed E-state index contributed by atoms with van der Waals surface area (Å²) < 4.78 is 1.67. The van der Waals surface area contributed by atoms with Crippen molar-refractivity contribution in [2.24, 2.45) is 0 Å². The molecule has 1 unspecified atom stereocenters. The highest BCUT2D eigenvalue weighted by Gasteiger charge is 2.40. The van der Waals surface area contributed by atoms with Crippen molar-refractivity contribution in [1.82, 2.24) is 14.5 Å². The van der Waals surface area contributed by atoms with Crippen molar-refractivity contribution < 1.29 is 4.79 Å². The normalized spacial score (nSPS) is 15.3. The molecule has 1 atom stereocenters. The summed E-state index contributed by atoms with van der Waals surface area (Å²) in [7, 11) is 0. The van der Waals surface area contributed by atoms with Crippen molar-refractivity contribution in [1.29, 1.82) is 0 Å². The quantitative estimate of drug-likeness (QED) is 0.131. The SMILES string of the molecule is CCCCC(Sc1nc2ccccc2c(=O)n1-c1ccccc1)C(=O)N1CCC(c2ccccc2)(c2ccccc2)CC1. The maximum Gasteiger partial charge on any atom is 0.266 e. The highest BCUT2D eigenvalue weighted by Crippen LogP contribution is 2.42. The van der Waals surface area contributed by atoms with E-state index >= 15 is 0 Å². The molecule has 0 N–H and O–H groups in total. The molecule has 1 aromatic heterocycles. The Hall–Kier alpha value is -4.16. The van der Waals surface area contributed by atoms with Crippen LogP contribution in [0.5, 0.6) is 0 Å². The van der Waals surface area contributed by atoms with Gasteiger partial charge in [-0.3, -0.25) is 14.2 Å². The van der Waals surface area contributed by atoms with E-state index in [4.69, 9.17) is 4.98 Å². The summed E-state index contributed by atoms with van der Waals surface area (Å²) in [6.07, 6.45) is 4.38. The number of likely N-dealkylation sites (tertiary alicyclic amines) is 1. The molecule has 1 amide bonds. The lowest BCUT2D eigenvalue weighted by Crippen LogP contribution is -2.48. The Balaban J connectivity index is 1.31. The van der Waals surface area contributed by atoms with Crippen molar-refractivity contribution in [3.63, 3.8) is 0 Å². The van der Waals surface area contributed by atoms with Crippen molar-refractivity contribution in [2.45, 2.75) is 54.8 Å². The van der Waals surface area contributed by atoms with Gasteiger partial charge < -0.3 is 4.90 Å². The summed E-state index contributed by atoms with van der Waals surface area (Å²) in [5.41, 5.74) is 3.77. The van der Waals surface area contributed by atoms with Gasteiger partial charge in [0.15, 0.2) is 5.16 Å². The third-order valence-electron chi connectivity index (χ3n) is 8.68. The van der Waals surface area contributed by atoms with Crippen LogP contribution in [0.25, 0.3) is 16.6 Å². The van der Waals surface area contributed by atoms with Gasteiger partial charge in [-0.25, -0.2) is 4.98 Å². The second kappa shape index (κ2) is 13.0. The third kappa shape index (κ3) is 5.89. The zero-order chi connectivity index (χ0) is 29.6. The summed E-state index contributed by atoms with van der Waals surface area (Å²) >= 11 is 1.43. The van der Waals surface area contributed by atoms with Crippen LogP contribution in [0.2, 0.25) is 0 Å². The van der Waals surface area contributed by atoms with Crippen molar-refractivity contribution in [3.05, 3.63) is 137 Å². The van der Waals surface area contributed by atoms with E-state index in [9.17, 15) is 9.59 Å². The highest BCUT2D eigenvalue weighted by molar-refractivity contribution is 8.00. The molecule has 0 saturated carbocycles. The van der Waals surface area contributed by atoms with E-state index in [0.717, 1.165) is 37.8 Å². The summed E-state index contributed by atoms with van der Waals surface area (Å²) in [6, 6.07) is 38.5. The molecule has 4 aromatic carbocycles. The molecular formula is C37H37N3O2S. The van der Waals surface area contributed by atoms with Gasteiger partial charge >= 0.3 is 0 Å². The summed E-state index contributed by atoms with van der Waals surface area (Å²) in [5.74, 6) is 0.134. The van der Waals surface area contributed by atoms with E-state index in [1.54, 1.807) is 4.57 Å². The van der Waals surface area contributed by atoms with Crippen LogP contribution < -0.4 is 5.56 Å². The molecule has 5 nitrogen and oxygen atoms in total. The van der Waals surface area contributed by atoms with Crippen LogP contribution in [0, 0.1) is 0 Å². The number of nitrogens with zero attached hydrogens (tertiary/aromatic N) is 3. The number of hydrogen-bond acceptors (Lipinski definition) is 4. The van der Waals surface area contributed by atoms with Gasteiger partial charge in [0.2, 0.25) is 5.91 Å². The Morgan fingerprint density at radius 1 is 0.814 bits per heavy atom. The summed E-state index contributed by atoms with van der Waals surface area (Å²) in [5, 5.41) is 0.800. The van der Waals surface area contributed by atoms with Crippen LogP contribution in [-0.4, -0.2) is 38.7 Å². The molecule has 43 heavy (non-hydrogen) atoms. The predicted octanol–water partition coefficient (Wildman–Crippen LogP) is 7.65. The number of benzene rings is 4. The van der Waals surface area contributed by atoms with Crippen molar-refractivity contribution >= 4 is 28.6 Å². The Kier molecular flexibility index (Phi) is 8.75. The van der Waals surface area contributed by atoms with Gasteiger partial charge in [0.05, 0.1) is 21.8 Å². The van der Waals surface area contributed by atoms with Gasteiger partial charge in [0.1, 0.15) is 0 Å². The van der Waals surface area contributed by atoms with Crippen molar-refractivity contribution in [3.8, 4) is 5.69 Å².